The molecule has 1 aromatic carbocycles. The molecule has 0 radical (unpaired) electrons. The van der Waals surface area contributed by atoms with Gasteiger partial charge in [0.05, 0.1) is 0 Å². The summed E-state index contributed by atoms with van der Waals surface area (Å²) in [7, 11) is -3.36. The number of sulfonamides is 1. The number of hydrogen-bond acceptors (Lipinski definition) is 4. The molecule has 130 valence electrons. The zero-order valence-corrected chi connectivity index (χ0v) is 14.7. The Kier molecular flexibility index (Phi) is 4.35. The monoisotopic (exact) mass is 348 g/mol. The van der Waals surface area contributed by atoms with Gasteiger partial charge in [-0.1, -0.05) is 36.6 Å². The Labute approximate surface area is 143 Å². The first kappa shape index (κ1) is 16.1. The van der Waals surface area contributed by atoms with Crippen LogP contribution < -0.4 is 0 Å². The van der Waals surface area contributed by atoms with Crippen molar-refractivity contribution >= 4 is 21.0 Å². The molecule has 1 saturated heterocycles. The molecular formula is C18H24N2O3S. The molecule has 0 bridgehead atoms. The van der Waals surface area contributed by atoms with E-state index >= 15 is 0 Å². The molecule has 0 N–H and O–H groups in total. The van der Waals surface area contributed by atoms with Crippen LogP contribution in [0.1, 0.15) is 50.6 Å². The zero-order chi connectivity index (χ0) is 16.6. The molecule has 1 atom stereocenters. The van der Waals surface area contributed by atoms with E-state index in [-0.39, 0.29) is 11.8 Å². The number of para-hydroxylation sites is 1. The number of benzene rings is 1. The molecule has 0 spiro atoms. The molecule has 24 heavy (non-hydrogen) atoms. The SMILES string of the molecule is O=S(=O)(Cc1noc2ccccc12)N1CCCC1C1CCCCC1. The van der Waals surface area contributed by atoms with Crippen LogP contribution in [0, 0.1) is 5.92 Å². The van der Waals surface area contributed by atoms with E-state index in [1.807, 2.05) is 24.3 Å². The number of fused-ring (bicyclic) bond motifs is 1. The fourth-order valence-corrected chi connectivity index (χ4v) is 6.22. The Morgan fingerprint density at radius 2 is 1.88 bits per heavy atom. The largest absolute Gasteiger partial charge is 0.356 e. The molecule has 1 aromatic heterocycles. The van der Waals surface area contributed by atoms with Gasteiger partial charge in [0.2, 0.25) is 10.0 Å². The van der Waals surface area contributed by atoms with E-state index < -0.39 is 10.0 Å². The maximum Gasteiger partial charge on any atom is 0.220 e. The van der Waals surface area contributed by atoms with E-state index in [1.54, 1.807) is 4.31 Å². The average Bonchev–Trinajstić information content (AvgIpc) is 3.24. The topological polar surface area (TPSA) is 63.4 Å². The lowest BCUT2D eigenvalue weighted by atomic mass is 9.83. The van der Waals surface area contributed by atoms with Crippen molar-refractivity contribution in [3.05, 3.63) is 30.0 Å². The molecular weight excluding hydrogens is 324 g/mol. The molecule has 1 unspecified atom stereocenters. The first-order chi connectivity index (χ1) is 11.6. The minimum absolute atomic E-state index is 0.0623. The highest BCUT2D eigenvalue weighted by molar-refractivity contribution is 7.88. The lowest BCUT2D eigenvalue weighted by Gasteiger charge is -2.33. The fraction of sp³-hybridized carbons (Fsp3) is 0.611. The summed E-state index contributed by atoms with van der Waals surface area (Å²) in [6.45, 7) is 0.652. The Morgan fingerprint density at radius 3 is 2.71 bits per heavy atom. The molecule has 2 fully saturated rings. The number of aromatic nitrogens is 1. The van der Waals surface area contributed by atoms with Gasteiger partial charge in [-0.25, -0.2) is 8.42 Å². The highest BCUT2D eigenvalue weighted by Crippen LogP contribution is 2.36. The van der Waals surface area contributed by atoms with Gasteiger partial charge in [-0.05, 0) is 43.7 Å². The third-order valence-electron chi connectivity index (χ3n) is 5.57. The molecule has 6 heteroatoms. The zero-order valence-electron chi connectivity index (χ0n) is 13.9. The minimum atomic E-state index is -3.36. The van der Waals surface area contributed by atoms with Gasteiger partial charge in [0.25, 0.3) is 0 Å². The van der Waals surface area contributed by atoms with Crippen molar-refractivity contribution in [2.45, 2.75) is 56.7 Å². The van der Waals surface area contributed by atoms with Gasteiger partial charge in [0, 0.05) is 18.0 Å². The van der Waals surface area contributed by atoms with Crippen LogP contribution in [-0.2, 0) is 15.8 Å². The van der Waals surface area contributed by atoms with E-state index in [0.29, 0.717) is 23.7 Å². The van der Waals surface area contributed by atoms with E-state index in [2.05, 4.69) is 5.16 Å². The third kappa shape index (κ3) is 2.97. The van der Waals surface area contributed by atoms with E-state index in [4.69, 9.17) is 4.52 Å². The summed E-state index contributed by atoms with van der Waals surface area (Å²) in [5.74, 6) is 0.470. The Morgan fingerprint density at radius 1 is 1.08 bits per heavy atom. The van der Waals surface area contributed by atoms with Crippen LogP contribution in [0.5, 0.6) is 0 Å². The van der Waals surface area contributed by atoms with Gasteiger partial charge < -0.3 is 4.52 Å². The van der Waals surface area contributed by atoms with Gasteiger partial charge in [0.15, 0.2) is 5.58 Å². The molecule has 1 saturated carbocycles. The number of hydrogen-bond donors (Lipinski definition) is 0. The van der Waals surface area contributed by atoms with Crippen LogP contribution in [-0.4, -0.2) is 30.5 Å². The van der Waals surface area contributed by atoms with Crippen LogP contribution in [0.4, 0.5) is 0 Å². The van der Waals surface area contributed by atoms with E-state index in [0.717, 1.165) is 18.2 Å². The molecule has 5 nitrogen and oxygen atoms in total. The molecule has 2 aromatic rings. The highest BCUT2D eigenvalue weighted by atomic mass is 32.2. The molecule has 0 amide bonds. The maximum absolute atomic E-state index is 13.0. The third-order valence-corrected chi connectivity index (χ3v) is 7.38. The van der Waals surface area contributed by atoms with Crippen molar-refractivity contribution in [1.29, 1.82) is 0 Å². The Balaban J connectivity index is 1.57. The lowest BCUT2D eigenvalue weighted by Crippen LogP contribution is -2.41. The van der Waals surface area contributed by atoms with Crippen molar-refractivity contribution in [2.75, 3.05) is 6.54 Å². The number of rotatable bonds is 4. The number of nitrogens with zero attached hydrogens (tertiary/aromatic N) is 2. The van der Waals surface area contributed by atoms with Crippen molar-refractivity contribution < 1.29 is 12.9 Å². The van der Waals surface area contributed by atoms with Gasteiger partial charge in [-0.2, -0.15) is 4.31 Å². The molecule has 1 aliphatic carbocycles. The maximum atomic E-state index is 13.0. The summed E-state index contributed by atoms with van der Waals surface area (Å²) in [4.78, 5) is 0. The lowest BCUT2D eigenvalue weighted by molar-refractivity contribution is 0.226. The molecule has 4 rings (SSSR count). The summed E-state index contributed by atoms with van der Waals surface area (Å²) in [6.07, 6.45) is 8.09. The molecule has 1 aliphatic heterocycles. The molecule has 2 heterocycles. The predicted octanol–water partition coefficient (Wildman–Crippen LogP) is 3.70. The van der Waals surface area contributed by atoms with Crippen LogP contribution in [0.25, 0.3) is 11.0 Å². The second-order valence-corrected chi connectivity index (χ2v) is 9.02. The van der Waals surface area contributed by atoms with Gasteiger partial charge >= 0.3 is 0 Å². The van der Waals surface area contributed by atoms with Crippen molar-refractivity contribution in [1.82, 2.24) is 9.46 Å². The standard InChI is InChI=1S/C18H24N2O3S/c21-24(22,13-16-15-9-4-5-11-18(15)23-19-16)20-12-6-10-17(20)14-7-2-1-3-8-14/h4-5,9,11,14,17H,1-3,6-8,10,12-13H2. The Hall–Kier alpha value is -1.40. The summed E-state index contributed by atoms with van der Waals surface area (Å²) in [5.41, 5.74) is 1.17. The second-order valence-electron chi connectivity index (χ2n) is 7.10. The highest BCUT2D eigenvalue weighted by Gasteiger charge is 2.39. The smallest absolute Gasteiger partial charge is 0.220 e. The van der Waals surface area contributed by atoms with Gasteiger partial charge in [-0.3, -0.25) is 0 Å². The van der Waals surface area contributed by atoms with Crippen LogP contribution in [0.15, 0.2) is 28.8 Å². The van der Waals surface area contributed by atoms with Gasteiger partial charge in [-0.15, -0.1) is 0 Å². The summed E-state index contributed by atoms with van der Waals surface area (Å²) < 4.78 is 33.1. The fourth-order valence-electron chi connectivity index (χ4n) is 4.40. The van der Waals surface area contributed by atoms with Gasteiger partial charge in [0.1, 0.15) is 11.4 Å². The van der Waals surface area contributed by atoms with E-state index in [1.165, 1.54) is 32.1 Å². The first-order valence-corrected chi connectivity index (χ1v) is 10.6. The normalized spacial score (nSPS) is 23.9. The van der Waals surface area contributed by atoms with Crippen LogP contribution >= 0.6 is 0 Å². The average molecular weight is 348 g/mol. The summed E-state index contributed by atoms with van der Waals surface area (Å²) in [5, 5.41) is 4.81. The van der Waals surface area contributed by atoms with E-state index in [9.17, 15) is 8.42 Å². The van der Waals surface area contributed by atoms with Crippen molar-refractivity contribution in [3.8, 4) is 0 Å². The molecule has 2 aliphatic rings. The minimum Gasteiger partial charge on any atom is -0.356 e. The summed E-state index contributed by atoms with van der Waals surface area (Å²) >= 11 is 0. The van der Waals surface area contributed by atoms with Crippen molar-refractivity contribution in [3.63, 3.8) is 0 Å². The van der Waals surface area contributed by atoms with Crippen LogP contribution in [0.3, 0.4) is 0 Å². The van der Waals surface area contributed by atoms with Crippen LogP contribution in [0.2, 0.25) is 0 Å². The van der Waals surface area contributed by atoms with Crippen molar-refractivity contribution in [2.24, 2.45) is 5.92 Å². The summed E-state index contributed by atoms with van der Waals surface area (Å²) in [6, 6.07) is 7.63. The Bertz CT molecular complexity index is 809. The predicted molar refractivity (Wildman–Crippen MR) is 92.9 cm³/mol. The first-order valence-electron chi connectivity index (χ1n) is 8.98. The quantitative estimate of drug-likeness (QED) is 0.845. The second kappa shape index (κ2) is 6.48.